The lowest BCUT2D eigenvalue weighted by Crippen LogP contribution is -2.03. The van der Waals surface area contributed by atoms with Crippen molar-refractivity contribution in [1.82, 2.24) is 9.97 Å². The smallest absolute Gasteiger partial charge is 0.240 e. The minimum atomic E-state index is 0.485. The molecule has 0 amide bonds. The SMILES string of the molecule is C=Cc1nc(C)c(C)nc1OCc1ccccc1. The molecule has 0 fully saturated rings. The molecule has 0 aliphatic rings. The van der Waals surface area contributed by atoms with Crippen molar-refractivity contribution in [3.05, 3.63) is 59.6 Å². The highest BCUT2D eigenvalue weighted by Gasteiger charge is 2.07. The Morgan fingerprint density at radius 1 is 1.11 bits per heavy atom. The Labute approximate surface area is 107 Å². The van der Waals surface area contributed by atoms with E-state index in [0.29, 0.717) is 18.2 Å². The predicted octanol–water partition coefficient (Wildman–Crippen LogP) is 3.32. The van der Waals surface area contributed by atoms with E-state index in [1.54, 1.807) is 6.08 Å². The first kappa shape index (κ1) is 12.3. The molecule has 0 bridgehead atoms. The summed E-state index contributed by atoms with van der Waals surface area (Å²) in [4.78, 5) is 8.80. The molecular weight excluding hydrogens is 224 g/mol. The van der Waals surface area contributed by atoms with Gasteiger partial charge in [0.2, 0.25) is 5.88 Å². The van der Waals surface area contributed by atoms with Gasteiger partial charge in [-0.2, -0.15) is 0 Å². The first-order valence-electron chi connectivity index (χ1n) is 5.85. The lowest BCUT2D eigenvalue weighted by molar-refractivity contribution is 0.291. The fourth-order valence-corrected chi connectivity index (χ4v) is 1.56. The molecule has 0 aliphatic carbocycles. The van der Waals surface area contributed by atoms with Crippen LogP contribution in [0.1, 0.15) is 22.6 Å². The molecule has 1 aromatic carbocycles. The average Bonchev–Trinajstić information content (AvgIpc) is 2.41. The molecule has 0 spiro atoms. The summed E-state index contributed by atoms with van der Waals surface area (Å²) in [6.45, 7) is 8.07. The zero-order valence-corrected chi connectivity index (χ0v) is 10.7. The van der Waals surface area contributed by atoms with Gasteiger partial charge in [-0.1, -0.05) is 36.9 Å². The molecule has 3 heteroatoms. The number of ether oxygens (including phenoxy) is 1. The molecule has 3 nitrogen and oxygen atoms in total. The van der Waals surface area contributed by atoms with E-state index in [1.807, 2.05) is 44.2 Å². The molecule has 0 radical (unpaired) electrons. The highest BCUT2D eigenvalue weighted by molar-refractivity contribution is 5.48. The third kappa shape index (κ3) is 2.74. The number of rotatable bonds is 4. The molecule has 1 aromatic heterocycles. The molecule has 0 saturated heterocycles. The van der Waals surface area contributed by atoms with Crippen LogP contribution in [0.3, 0.4) is 0 Å². The number of aromatic nitrogens is 2. The molecule has 0 aliphatic heterocycles. The van der Waals surface area contributed by atoms with Crippen molar-refractivity contribution in [2.75, 3.05) is 0 Å². The zero-order chi connectivity index (χ0) is 13.0. The van der Waals surface area contributed by atoms with Gasteiger partial charge in [-0.25, -0.2) is 9.97 Å². The van der Waals surface area contributed by atoms with Crippen LogP contribution in [-0.2, 0) is 6.61 Å². The van der Waals surface area contributed by atoms with Gasteiger partial charge in [-0.15, -0.1) is 0 Å². The van der Waals surface area contributed by atoms with Crippen LogP contribution in [0.4, 0.5) is 0 Å². The summed E-state index contributed by atoms with van der Waals surface area (Å²) < 4.78 is 5.71. The first-order valence-corrected chi connectivity index (χ1v) is 5.85. The third-order valence-corrected chi connectivity index (χ3v) is 2.71. The van der Waals surface area contributed by atoms with Crippen LogP contribution in [0.15, 0.2) is 36.9 Å². The Bertz CT molecular complexity index is 550. The van der Waals surface area contributed by atoms with Gasteiger partial charge in [0.1, 0.15) is 12.3 Å². The molecule has 2 aromatic rings. The average molecular weight is 240 g/mol. The Morgan fingerprint density at radius 2 is 1.78 bits per heavy atom. The van der Waals surface area contributed by atoms with Gasteiger partial charge in [-0.3, -0.25) is 0 Å². The van der Waals surface area contributed by atoms with Gasteiger partial charge < -0.3 is 4.74 Å². The van der Waals surface area contributed by atoms with Crippen LogP contribution in [0.2, 0.25) is 0 Å². The molecule has 0 saturated carbocycles. The van der Waals surface area contributed by atoms with Crippen molar-refractivity contribution in [2.24, 2.45) is 0 Å². The van der Waals surface area contributed by atoms with E-state index in [9.17, 15) is 0 Å². The van der Waals surface area contributed by atoms with Crippen molar-refractivity contribution in [3.8, 4) is 5.88 Å². The fourth-order valence-electron chi connectivity index (χ4n) is 1.56. The molecule has 0 unspecified atom stereocenters. The molecule has 1 heterocycles. The van der Waals surface area contributed by atoms with Crippen molar-refractivity contribution >= 4 is 6.08 Å². The van der Waals surface area contributed by atoms with Gasteiger partial charge >= 0.3 is 0 Å². The van der Waals surface area contributed by atoms with Crippen LogP contribution < -0.4 is 4.74 Å². The maximum absolute atomic E-state index is 5.71. The topological polar surface area (TPSA) is 35.0 Å². The van der Waals surface area contributed by atoms with Gasteiger partial charge in [0.25, 0.3) is 0 Å². The van der Waals surface area contributed by atoms with E-state index in [2.05, 4.69) is 16.5 Å². The summed E-state index contributed by atoms with van der Waals surface area (Å²) >= 11 is 0. The van der Waals surface area contributed by atoms with E-state index >= 15 is 0 Å². The molecule has 92 valence electrons. The summed E-state index contributed by atoms with van der Waals surface area (Å²) in [5.41, 5.74) is 3.57. The molecule has 0 atom stereocenters. The van der Waals surface area contributed by atoms with Gasteiger partial charge in [0.15, 0.2) is 0 Å². The summed E-state index contributed by atoms with van der Waals surface area (Å²) in [5.74, 6) is 0.539. The monoisotopic (exact) mass is 240 g/mol. The zero-order valence-electron chi connectivity index (χ0n) is 10.7. The number of benzene rings is 1. The number of nitrogens with zero attached hydrogens (tertiary/aromatic N) is 2. The van der Waals surface area contributed by atoms with Crippen molar-refractivity contribution < 1.29 is 4.74 Å². The Balaban J connectivity index is 2.19. The number of hydrogen-bond donors (Lipinski definition) is 0. The quantitative estimate of drug-likeness (QED) is 0.822. The standard InChI is InChI=1S/C15H16N2O/c1-4-14-15(17-12(3)11(2)16-14)18-10-13-8-6-5-7-9-13/h4-9H,1,10H2,2-3H3. The maximum atomic E-state index is 5.71. The lowest BCUT2D eigenvalue weighted by Gasteiger charge is -2.09. The van der Waals surface area contributed by atoms with Crippen LogP contribution in [-0.4, -0.2) is 9.97 Å². The van der Waals surface area contributed by atoms with E-state index < -0.39 is 0 Å². The maximum Gasteiger partial charge on any atom is 0.240 e. The van der Waals surface area contributed by atoms with E-state index in [-0.39, 0.29) is 0 Å². The van der Waals surface area contributed by atoms with E-state index in [4.69, 9.17) is 4.74 Å². The predicted molar refractivity (Wildman–Crippen MR) is 72.4 cm³/mol. The molecule has 18 heavy (non-hydrogen) atoms. The second-order valence-corrected chi connectivity index (χ2v) is 4.06. The summed E-state index contributed by atoms with van der Waals surface area (Å²) in [6, 6.07) is 9.98. The fraction of sp³-hybridized carbons (Fsp3) is 0.200. The minimum absolute atomic E-state index is 0.485. The first-order chi connectivity index (χ1) is 8.70. The van der Waals surface area contributed by atoms with Crippen LogP contribution in [0.25, 0.3) is 6.08 Å². The Hall–Kier alpha value is -2.16. The second-order valence-electron chi connectivity index (χ2n) is 4.06. The lowest BCUT2D eigenvalue weighted by atomic mass is 10.2. The summed E-state index contributed by atoms with van der Waals surface area (Å²) in [7, 11) is 0. The van der Waals surface area contributed by atoms with E-state index in [1.165, 1.54) is 0 Å². The van der Waals surface area contributed by atoms with Gasteiger partial charge in [0, 0.05) is 0 Å². The Kier molecular flexibility index (Phi) is 3.72. The number of aryl methyl sites for hydroxylation is 2. The highest BCUT2D eigenvalue weighted by atomic mass is 16.5. The molecule has 0 N–H and O–H groups in total. The minimum Gasteiger partial charge on any atom is -0.471 e. The van der Waals surface area contributed by atoms with Crippen molar-refractivity contribution in [2.45, 2.75) is 20.5 Å². The van der Waals surface area contributed by atoms with E-state index in [0.717, 1.165) is 17.0 Å². The second kappa shape index (κ2) is 5.45. The van der Waals surface area contributed by atoms with Crippen LogP contribution in [0, 0.1) is 13.8 Å². The normalized spacial score (nSPS) is 10.1. The molecule has 2 rings (SSSR count). The largest absolute Gasteiger partial charge is 0.471 e. The number of hydrogen-bond acceptors (Lipinski definition) is 3. The van der Waals surface area contributed by atoms with Crippen LogP contribution in [0.5, 0.6) is 5.88 Å². The molecular formula is C15H16N2O. The summed E-state index contributed by atoms with van der Waals surface area (Å²) in [5, 5.41) is 0. The van der Waals surface area contributed by atoms with Gasteiger partial charge in [0.05, 0.1) is 11.4 Å². The van der Waals surface area contributed by atoms with Crippen molar-refractivity contribution in [3.63, 3.8) is 0 Å². The van der Waals surface area contributed by atoms with Gasteiger partial charge in [-0.05, 0) is 25.5 Å². The highest BCUT2D eigenvalue weighted by Crippen LogP contribution is 2.18. The summed E-state index contributed by atoms with van der Waals surface area (Å²) in [6.07, 6.45) is 1.67. The van der Waals surface area contributed by atoms with Crippen molar-refractivity contribution in [1.29, 1.82) is 0 Å². The Morgan fingerprint density at radius 3 is 2.44 bits per heavy atom. The third-order valence-electron chi connectivity index (χ3n) is 2.71. The van der Waals surface area contributed by atoms with Crippen LogP contribution >= 0.6 is 0 Å².